The number of nitrogens with zero attached hydrogens (tertiary/aromatic N) is 2. The normalized spacial score (nSPS) is 22.9. The molecule has 2 atom stereocenters. The van der Waals surface area contributed by atoms with Gasteiger partial charge < -0.3 is 10.6 Å². The van der Waals surface area contributed by atoms with Crippen molar-refractivity contribution in [3.63, 3.8) is 0 Å². The predicted molar refractivity (Wildman–Crippen MR) is 86.0 cm³/mol. The fourth-order valence-electron chi connectivity index (χ4n) is 3.22. The highest BCUT2D eigenvalue weighted by Gasteiger charge is 2.24. The van der Waals surface area contributed by atoms with Crippen molar-refractivity contribution in [2.24, 2.45) is 5.73 Å². The van der Waals surface area contributed by atoms with Gasteiger partial charge in [-0.15, -0.1) is 0 Å². The van der Waals surface area contributed by atoms with Gasteiger partial charge >= 0.3 is 0 Å². The van der Waals surface area contributed by atoms with Gasteiger partial charge in [0.1, 0.15) is 0 Å². The van der Waals surface area contributed by atoms with Crippen LogP contribution in [-0.2, 0) is 0 Å². The van der Waals surface area contributed by atoms with Crippen molar-refractivity contribution in [2.45, 2.75) is 39.3 Å². The van der Waals surface area contributed by atoms with Crippen LogP contribution in [0, 0.1) is 13.8 Å². The van der Waals surface area contributed by atoms with Crippen molar-refractivity contribution in [3.8, 4) is 0 Å². The number of benzene rings is 1. The van der Waals surface area contributed by atoms with E-state index in [1.807, 2.05) is 0 Å². The Morgan fingerprint density at radius 3 is 2.45 bits per heavy atom. The SMILES string of the molecule is CCC1CN(CC(N)c2cc(C)cc(C)c2)CCN1C. The highest BCUT2D eigenvalue weighted by molar-refractivity contribution is 5.30. The molecule has 112 valence electrons. The van der Waals surface area contributed by atoms with Crippen molar-refractivity contribution < 1.29 is 0 Å². The lowest BCUT2D eigenvalue weighted by Gasteiger charge is -2.40. The smallest absolute Gasteiger partial charge is 0.0424 e. The molecule has 1 aliphatic heterocycles. The summed E-state index contributed by atoms with van der Waals surface area (Å²) in [4.78, 5) is 5.00. The van der Waals surface area contributed by atoms with Crippen LogP contribution in [0.1, 0.15) is 36.1 Å². The third-order valence-corrected chi connectivity index (χ3v) is 4.46. The Morgan fingerprint density at radius 2 is 1.85 bits per heavy atom. The Hall–Kier alpha value is -0.900. The molecule has 0 aromatic heterocycles. The van der Waals surface area contributed by atoms with Gasteiger partial charge in [-0.25, -0.2) is 0 Å². The molecule has 0 radical (unpaired) electrons. The van der Waals surface area contributed by atoms with Crippen LogP contribution in [0.2, 0.25) is 0 Å². The first-order valence-electron chi connectivity index (χ1n) is 7.76. The fraction of sp³-hybridized carbons (Fsp3) is 0.647. The zero-order valence-corrected chi connectivity index (χ0v) is 13.4. The van der Waals surface area contributed by atoms with E-state index >= 15 is 0 Å². The molecule has 0 amide bonds. The Kier molecular flexibility index (Phi) is 5.19. The van der Waals surface area contributed by atoms with Gasteiger partial charge in [-0.1, -0.05) is 36.2 Å². The summed E-state index contributed by atoms with van der Waals surface area (Å²) in [6, 6.07) is 7.46. The minimum Gasteiger partial charge on any atom is -0.323 e. The highest BCUT2D eigenvalue weighted by atomic mass is 15.3. The Labute approximate surface area is 123 Å². The van der Waals surface area contributed by atoms with Crippen LogP contribution in [0.15, 0.2) is 18.2 Å². The number of nitrogens with two attached hydrogens (primary N) is 1. The maximum Gasteiger partial charge on any atom is 0.0424 e. The van der Waals surface area contributed by atoms with Crippen LogP contribution in [0.4, 0.5) is 0 Å². The standard InChI is InChI=1S/C17H29N3/c1-5-16-11-20(7-6-19(16)4)12-17(18)15-9-13(2)8-14(3)10-15/h8-10,16-17H,5-7,11-12,18H2,1-4H3. The topological polar surface area (TPSA) is 32.5 Å². The van der Waals surface area contributed by atoms with Crippen LogP contribution in [0.5, 0.6) is 0 Å². The number of aryl methyl sites for hydroxylation is 2. The summed E-state index contributed by atoms with van der Waals surface area (Å²) in [6.45, 7) is 11.0. The molecule has 1 fully saturated rings. The van der Waals surface area contributed by atoms with Gasteiger partial charge in [-0.3, -0.25) is 4.90 Å². The Bertz CT molecular complexity index is 424. The first-order valence-corrected chi connectivity index (χ1v) is 7.76. The molecule has 2 unspecified atom stereocenters. The molecular weight excluding hydrogens is 246 g/mol. The van der Waals surface area contributed by atoms with Gasteiger partial charge in [-0.05, 0) is 32.9 Å². The number of rotatable bonds is 4. The molecule has 3 nitrogen and oxygen atoms in total. The molecule has 0 bridgehead atoms. The zero-order valence-electron chi connectivity index (χ0n) is 13.4. The van der Waals surface area contributed by atoms with Gasteiger partial charge in [0.15, 0.2) is 0 Å². The summed E-state index contributed by atoms with van der Waals surface area (Å²) >= 11 is 0. The summed E-state index contributed by atoms with van der Waals surface area (Å²) in [6.07, 6.45) is 1.21. The van der Waals surface area contributed by atoms with Crippen LogP contribution < -0.4 is 5.73 Å². The summed E-state index contributed by atoms with van der Waals surface area (Å²) < 4.78 is 0. The van der Waals surface area contributed by atoms with E-state index in [0.29, 0.717) is 6.04 Å². The van der Waals surface area contributed by atoms with E-state index in [1.54, 1.807) is 0 Å². The zero-order chi connectivity index (χ0) is 14.7. The van der Waals surface area contributed by atoms with E-state index in [0.717, 1.165) is 26.2 Å². The third kappa shape index (κ3) is 3.81. The first-order chi connectivity index (χ1) is 9.49. The number of hydrogen-bond donors (Lipinski definition) is 1. The predicted octanol–water partition coefficient (Wildman–Crippen LogP) is 2.33. The molecule has 1 aromatic carbocycles. The summed E-state index contributed by atoms with van der Waals surface area (Å²) in [7, 11) is 2.23. The van der Waals surface area contributed by atoms with Crippen molar-refractivity contribution in [2.75, 3.05) is 33.2 Å². The van der Waals surface area contributed by atoms with E-state index in [1.165, 1.54) is 23.1 Å². The van der Waals surface area contributed by atoms with E-state index in [-0.39, 0.29) is 6.04 Å². The second kappa shape index (κ2) is 6.70. The van der Waals surface area contributed by atoms with Crippen LogP contribution >= 0.6 is 0 Å². The van der Waals surface area contributed by atoms with Gasteiger partial charge in [0.25, 0.3) is 0 Å². The van der Waals surface area contributed by atoms with Crippen molar-refractivity contribution in [1.82, 2.24) is 9.80 Å². The van der Waals surface area contributed by atoms with Crippen molar-refractivity contribution in [3.05, 3.63) is 34.9 Å². The largest absolute Gasteiger partial charge is 0.323 e. The van der Waals surface area contributed by atoms with E-state index in [4.69, 9.17) is 5.73 Å². The quantitative estimate of drug-likeness (QED) is 0.915. The summed E-state index contributed by atoms with van der Waals surface area (Å²) in [5.41, 5.74) is 10.3. The lowest BCUT2D eigenvalue weighted by atomic mass is 10.0. The molecule has 0 spiro atoms. The average Bonchev–Trinajstić information content (AvgIpc) is 2.39. The second-order valence-corrected chi connectivity index (χ2v) is 6.33. The molecule has 3 heteroatoms. The average molecular weight is 275 g/mol. The molecule has 0 aliphatic carbocycles. The molecule has 1 saturated heterocycles. The highest BCUT2D eigenvalue weighted by Crippen LogP contribution is 2.18. The molecule has 0 saturated carbocycles. The van der Waals surface area contributed by atoms with E-state index in [2.05, 4.69) is 55.8 Å². The minimum absolute atomic E-state index is 0.120. The molecule has 20 heavy (non-hydrogen) atoms. The second-order valence-electron chi connectivity index (χ2n) is 6.33. The lowest BCUT2D eigenvalue weighted by Crippen LogP contribution is -2.52. The summed E-state index contributed by atoms with van der Waals surface area (Å²) in [5, 5.41) is 0. The number of hydrogen-bond acceptors (Lipinski definition) is 3. The maximum absolute atomic E-state index is 6.43. The molecule has 1 aromatic rings. The van der Waals surface area contributed by atoms with Crippen LogP contribution in [-0.4, -0.2) is 49.1 Å². The van der Waals surface area contributed by atoms with Gasteiger partial charge in [0.2, 0.25) is 0 Å². The molecule has 2 rings (SSSR count). The fourth-order valence-corrected chi connectivity index (χ4v) is 3.22. The van der Waals surface area contributed by atoms with Gasteiger partial charge in [0.05, 0.1) is 0 Å². The molecule has 1 heterocycles. The maximum atomic E-state index is 6.43. The van der Waals surface area contributed by atoms with E-state index < -0.39 is 0 Å². The summed E-state index contributed by atoms with van der Waals surface area (Å²) in [5.74, 6) is 0. The van der Waals surface area contributed by atoms with Gasteiger partial charge in [-0.2, -0.15) is 0 Å². The van der Waals surface area contributed by atoms with E-state index in [9.17, 15) is 0 Å². The third-order valence-electron chi connectivity index (χ3n) is 4.46. The molecular formula is C17H29N3. The molecule has 2 N–H and O–H groups in total. The van der Waals surface area contributed by atoms with Gasteiger partial charge in [0, 0.05) is 38.3 Å². The van der Waals surface area contributed by atoms with Crippen molar-refractivity contribution >= 4 is 0 Å². The minimum atomic E-state index is 0.120. The van der Waals surface area contributed by atoms with Crippen LogP contribution in [0.3, 0.4) is 0 Å². The molecule has 1 aliphatic rings. The van der Waals surface area contributed by atoms with Crippen molar-refractivity contribution in [1.29, 1.82) is 0 Å². The Balaban J connectivity index is 1.99. The lowest BCUT2D eigenvalue weighted by molar-refractivity contribution is 0.0890. The number of piperazine rings is 1. The number of likely N-dealkylation sites (N-methyl/N-ethyl adjacent to an activating group) is 1. The Morgan fingerprint density at radius 1 is 1.20 bits per heavy atom. The monoisotopic (exact) mass is 275 g/mol. The van der Waals surface area contributed by atoms with Crippen LogP contribution in [0.25, 0.3) is 0 Å². The first kappa shape index (κ1) is 15.5.